The second-order valence-electron chi connectivity index (χ2n) is 3.40. The Labute approximate surface area is 100 Å². The number of benzene rings is 1. The molecule has 0 saturated heterocycles. The van der Waals surface area contributed by atoms with Crippen LogP contribution in [0.15, 0.2) is 18.2 Å². The molecule has 2 N–H and O–H groups in total. The lowest BCUT2D eigenvalue weighted by molar-refractivity contribution is -0.201. The Bertz CT molecular complexity index is 383. The lowest BCUT2D eigenvalue weighted by atomic mass is 10.2. The number of halogens is 5. The van der Waals surface area contributed by atoms with Crippen molar-refractivity contribution in [3.63, 3.8) is 0 Å². The number of nitrogens with one attached hydrogen (secondary N) is 1. The van der Waals surface area contributed by atoms with E-state index in [0.717, 1.165) is 6.07 Å². The summed E-state index contributed by atoms with van der Waals surface area (Å²) < 4.78 is 48.8. The average molecular weight is 272 g/mol. The first-order valence-electron chi connectivity index (χ1n) is 4.70. The molecule has 17 heavy (non-hydrogen) atoms. The van der Waals surface area contributed by atoms with Crippen LogP contribution in [0.2, 0.25) is 5.02 Å². The van der Waals surface area contributed by atoms with Gasteiger partial charge in [-0.25, -0.2) is 4.39 Å². The van der Waals surface area contributed by atoms with Gasteiger partial charge in [-0.1, -0.05) is 23.7 Å². The zero-order valence-electron chi connectivity index (χ0n) is 8.56. The van der Waals surface area contributed by atoms with Crippen molar-refractivity contribution in [3.05, 3.63) is 34.6 Å². The van der Waals surface area contributed by atoms with Crippen LogP contribution in [0.5, 0.6) is 0 Å². The zero-order valence-corrected chi connectivity index (χ0v) is 9.32. The first kappa shape index (κ1) is 14.2. The minimum Gasteiger partial charge on any atom is -0.382 e. The predicted molar refractivity (Wildman–Crippen MR) is 55.2 cm³/mol. The van der Waals surface area contributed by atoms with Gasteiger partial charge in [0.25, 0.3) is 0 Å². The second-order valence-corrected chi connectivity index (χ2v) is 3.78. The van der Waals surface area contributed by atoms with Gasteiger partial charge in [0.2, 0.25) is 0 Å². The van der Waals surface area contributed by atoms with Gasteiger partial charge >= 0.3 is 6.18 Å². The summed E-state index contributed by atoms with van der Waals surface area (Å²) in [6.07, 6.45) is -7.12. The predicted octanol–water partition coefficient (Wildman–Crippen LogP) is 2.49. The van der Waals surface area contributed by atoms with Gasteiger partial charge in [0.1, 0.15) is 5.82 Å². The van der Waals surface area contributed by atoms with Crippen LogP contribution in [-0.2, 0) is 6.54 Å². The molecule has 96 valence electrons. The molecule has 0 amide bonds. The maximum atomic E-state index is 13.0. The van der Waals surface area contributed by atoms with Crippen LogP contribution >= 0.6 is 11.6 Å². The van der Waals surface area contributed by atoms with Crippen LogP contribution in [-0.4, -0.2) is 23.9 Å². The van der Waals surface area contributed by atoms with Gasteiger partial charge < -0.3 is 10.4 Å². The van der Waals surface area contributed by atoms with Crippen LogP contribution < -0.4 is 5.32 Å². The van der Waals surface area contributed by atoms with Gasteiger partial charge in [-0.2, -0.15) is 13.2 Å². The van der Waals surface area contributed by atoms with Crippen LogP contribution in [0.3, 0.4) is 0 Å². The smallest absolute Gasteiger partial charge is 0.382 e. The molecule has 1 rings (SSSR count). The normalized spacial score (nSPS) is 13.8. The van der Waals surface area contributed by atoms with Gasteiger partial charge in [-0.05, 0) is 11.6 Å². The topological polar surface area (TPSA) is 32.3 Å². The fourth-order valence-corrected chi connectivity index (χ4v) is 1.34. The molecule has 7 heteroatoms. The van der Waals surface area contributed by atoms with E-state index in [-0.39, 0.29) is 11.6 Å². The Kier molecular flexibility index (Phi) is 4.73. The molecule has 2 nitrogen and oxygen atoms in total. The Hall–Kier alpha value is -0.850. The van der Waals surface area contributed by atoms with Crippen molar-refractivity contribution in [3.8, 4) is 0 Å². The molecule has 0 aliphatic carbocycles. The highest BCUT2D eigenvalue weighted by molar-refractivity contribution is 6.31. The highest BCUT2D eigenvalue weighted by Crippen LogP contribution is 2.21. The minimum absolute atomic E-state index is 0.0519. The molecule has 0 spiro atoms. The van der Waals surface area contributed by atoms with Gasteiger partial charge in [0, 0.05) is 13.1 Å². The fraction of sp³-hybridized carbons (Fsp3) is 0.400. The van der Waals surface area contributed by atoms with Crippen molar-refractivity contribution >= 4 is 11.6 Å². The molecule has 0 radical (unpaired) electrons. The van der Waals surface area contributed by atoms with Crippen molar-refractivity contribution in [2.24, 2.45) is 0 Å². The van der Waals surface area contributed by atoms with Gasteiger partial charge in [0.15, 0.2) is 6.10 Å². The summed E-state index contributed by atoms with van der Waals surface area (Å²) in [5, 5.41) is 10.9. The summed E-state index contributed by atoms with van der Waals surface area (Å²) in [6, 6.07) is 4.03. The number of hydrogen-bond donors (Lipinski definition) is 2. The number of aliphatic hydroxyl groups is 1. The summed E-state index contributed by atoms with van der Waals surface area (Å²) in [5.74, 6) is -0.637. The summed E-state index contributed by atoms with van der Waals surface area (Å²) in [7, 11) is 0. The molecule has 1 aromatic carbocycles. The summed E-state index contributed by atoms with van der Waals surface area (Å²) >= 11 is 5.60. The molecule has 0 heterocycles. The average Bonchev–Trinajstić information content (AvgIpc) is 2.22. The van der Waals surface area contributed by atoms with E-state index >= 15 is 0 Å². The van der Waals surface area contributed by atoms with Gasteiger partial charge in [-0.15, -0.1) is 0 Å². The van der Waals surface area contributed by atoms with E-state index in [0.29, 0.717) is 5.56 Å². The van der Waals surface area contributed by atoms with Gasteiger partial charge in [-0.3, -0.25) is 0 Å². The molecular formula is C10H10ClF4NO. The largest absolute Gasteiger partial charge is 0.415 e. The molecule has 0 aromatic heterocycles. The first-order chi connectivity index (χ1) is 7.82. The Morgan fingerprint density at radius 3 is 2.59 bits per heavy atom. The SMILES string of the molecule is OC(CNCc1cccc(F)c1Cl)C(F)(F)F. The maximum Gasteiger partial charge on any atom is 0.415 e. The van der Waals surface area contributed by atoms with Crippen molar-refractivity contribution in [2.45, 2.75) is 18.8 Å². The third-order valence-electron chi connectivity index (χ3n) is 2.06. The van der Waals surface area contributed by atoms with Crippen molar-refractivity contribution < 1.29 is 22.7 Å². The van der Waals surface area contributed by atoms with E-state index in [1.54, 1.807) is 0 Å². The highest BCUT2D eigenvalue weighted by Gasteiger charge is 2.37. The lowest BCUT2D eigenvalue weighted by Gasteiger charge is -2.15. The summed E-state index contributed by atoms with van der Waals surface area (Å²) in [6.45, 7) is -0.722. The van der Waals surface area contributed by atoms with Crippen molar-refractivity contribution in [1.82, 2.24) is 5.32 Å². The molecule has 0 fully saturated rings. The Morgan fingerprint density at radius 1 is 1.35 bits per heavy atom. The lowest BCUT2D eigenvalue weighted by Crippen LogP contribution is -2.38. The van der Waals surface area contributed by atoms with Crippen molar-refractivity contribution in [2.75, 3.05) is 6.54 Å². The van der Waals surface area contributed by atoms with E-state index in [1.807, 2.05) is 0 Å². The van der Waals surface area contributed by atoms with E-state index in [2.05, 4.69) is 5.32 Å². The van der Waals surface area contributed by atoms with Crippen molar-refractivity contribution in [1.29, 1.82) is 0 Å². The fourth-order valence-electron chi connectivity index (χ4n) is 1.14. The van der Waals surface area contributed by atoms with Crippen LogP contribution in [0, 0.1) is 5.82 Å². The van der Waals surface area contributed by atoms with E-state index in [9.17, 15) is 17.6 Å². The number of aliphatic hydroxyl groups excluding tert-OH is 1. The van der Waals surface area contributed by atoms with E-state index < -0.39 is 24.6 Å². The third-order valence-corrected chi connectivity index (χ3v) is 2.49. The van der Waals surface area contributed by atoms with Crippen LogP contribution in [0.1, 0.15) is 5.56 Å². The van der Waals surface area contributed by atoms with Crippen LogP contribution in [0.4, 0.5) is 17.6 Å². The molecule has 0 aliphatic heterocycles. The summed E-state index contributed by atoms with van der Waals surface area (Å²) in [5.41, 5.74) is 0.334. The molecule has 0 aliphatic rings. The standard InChI is InChI=1S/C10H10ClF4NO/c11-9-6(2-1-3-7(9)12)4-16-5-8(17)10(13,14)15/h1-3,8,16-17H,4-5H2. The third kappa shape index (κ3) is 4.14. The highest BCUT2D eigenvalue weighted by atomic mass is 35.5. The number of rotatable bonds is 4. The Morgan fingerprint density at radius 2 is 2.00 bits per heavy atom. The monoisotopic (exact) mass is 271 g/mol. The quantitative estimate of drug-likeness (QED) is 0.825. The zero-order chi connectivity index (χ0) is 13.1. The molecule has 1 unspecified atom stereocenters. The summed E-state index contributed by atoms with van der Waals surface area (Å²) in [4.78, 5) is 0. The Balaban J connectivity index is 2.49. The number of hydrogen-bond acceptors (Lipinski definition) is 2. The minimum atomic E-state index is -4.67. The maximum absolute atomic E-state index is 13.0. The van der Waals surface area contributed by atoms with E-state index in [4.69, 9.17) is 16.7 Å². The van der Waals surface area contributed by atoms with Gasteiger partial charge in [0.05, 0.1) is 5.02 Å². The molecular weight excluding hydrogens is 262 g/mol. The molecule has 1 atom stereocenters. The second kappa shape index (κ2) is 5.66. The van der Waals surface area contributed by atoms with E-state index in [1.165, 1.54) is 12.1 Å². The molecule has 0 bridgehead atoms. The van der Waals surface area contributed by atoms with Crippen LogP contribution in [0.25, 0.3) is 0 Å². The molecule has 0 saturated carbocycles. The molecule has 1 aromatic rings. The first-order valence-corrected chi connectivity index (χ1v) is 5.08. The number of alkyl halides is 3.